The molecule has 7 rings (SSSR count). The summed E-state index contributed by atoms with van der Waals surface area (Å²) in [6.07, 6.45) is 8.87. The van der Waals surface area contributed by atoms with Gasteiger partial charge in [-0.05, 0) is 98.5 Å². The fourth-order valence-electron chi connectivity index (χ4n) is 10.9. The minimum Gasteiger partial charge on any atom is -0.459 e. The molecule has 1 aromatic carbocycles. The molecule has 4 saturated carbocycles. The van der Waals surface area contributed by atoms with Crippen molar-refractivity contribution in [3.05, 3.63) is 35.9 Å². The quantitative estimate of drug-likeness (QED) is 0.370. The minimum absolute atomic E-state index is 0.134. The van der Waals surface area contributed by atoms with Gasteiger partial charge in [-0.25, -0.2) is 4.79 Å². The number of benzene rings is 1. The van der Waals surface area contributed by atoms with Crippen molar-refractivity contribution in [1.29, 1.82) is 0 Å². The standard InChI is InChI=1S/C35H50O5/c1-21(2)10-9-11-22(3)26-14-15-27-29-28(17-18-33(26,27)5)34-19-16-25(40-32(37)24-12-7-6-8-13-24)20-35(34,38)31(36)30(29)39-23(34)4/h6-8,12-13,21-23,25-30,38H,9-11,14-20H2,1-5H3/t22-,23-,25+,26-,27+,28+,29+,30-,33-,34+,35+/m1/s1. The van der Waals surface area contributed by atoms with E-state index in [9.17, 15) is 14.7 Å². The molecule has 6 fully saturated rings. The first-order valence-corrected chi connectivity index (χ1v) is 16.2. The zero-order valence-corrected chi connectivity index (χ0v) is 25.2. The fraction of sp³-hybridized carbons (Fsp3) is 0.771. The van der Waals surface area contributed by atoms with Gasteiger partial charge in [0.25, 0.3) is 0 Å². The Kier molecular flexibility index (Phi) is 7.26. The van der Waals surface area contributed by atoms with Gasteiger partial charge in [0.1, 0.15) is 17.8 Å². The number of Topliss-reactive ketones (excluding diaryl/α,β-unsaturated/α-hetero) is 1. The van der Waals surface area contributed by atoms with E-state index >= 15 is 0 Å². The lowest BCUT2D eigenvalue weighted by Crippen LogP contribution is -2.80. The van der Waals surface area contributed by atoms with Crippen molar-refractivity contribution in [3.63, 3.8) is 0 Å². The lowest BCUT2D eigenvalue weighted by molar-refractivity contribution is -0.319. The molecule has 2 saturated heterocycles. The number of aliphatic hydroxyl groups is 1. The molecule has 5 heteroatoms. The van der Waals surface area contributed by atoms with Crippen molar-refractivity contribution in [3.8, 4) is 0 Å². The maximum atomic E-state index is 14.2. The van der Waals surface area contributed by atoms with E-state index in [4.69, 9.17) is 9.47 Å². The Hall–Kier alpha value is -1.72. The van der Waals surface area contributed by atoms with E-state index in [1.165, 1.54) is 38.5 Å². The van der Waals surface area contributed by atoms with Crippen LogP contribution < -0.4 is 0 Å². The highest BCUT2D eigenvalue weighted by molar-refractivity contribution is 5.95. The van der Waals surface area contributed by atoms with E-state index in [1.54, 1.807) is 12.1 Å². The second kappa shape index (κ2) is 10.2. The van der Waals surface area contributed by atoms with Crippen molar-refractivity contribution < 1.29 is 24.2 Å². The van der Waals surface area contributed by atoms with Gasteiger partial charge >= 0.3 is 5.97 Å². The third kappa shape index (κ3) is 4.07. The lowest BCUT2D eigenvalue weighted by atomic mass is 9.39. The number of hydrogen-bond donors (Lipinski definition) is 1. The molecule has 0 aromatic heterocycles. The van der Waals surface area contributed by atoms with E-state index < -0.39 is 23.2 Å². The summed E-state index contributed by atoms with van der Waals surface area (Å²) in [5.41, 5.74) is -1.35. The molecule has 1 spiro atoms. The molecule has 1 N–H and O–H groups in total. The molecule has 6 aliphatic rings. The first kappa shape index (κ1) is 28.4. The van der Waals surface area contributed by atoms with Gasteiger partial charge in [0, 0.05) is 11.8 Å². The molecule has 1 aromatic rings. The molecule has 40 heavy (non-hydrogen) atoms. The van der Waals surface area contributed by atoms with E-state index in [2.05, 4.69) is 34.6 Å². The maximum Gasteiger partial charge on any atom is 0.338 e. The van der Waals surface area contributed by atoms with Gasteiger partial charge in [-0.15, -0.1) is 0 Å². The van der Waals surface area contributed by atoms with Gasteiger partial charge in [0.05, 0.1) is 11.7 Å². The number of carbonyl (C=O) groups is 2. The smallest absolute Gasteiger partial charge is 0.338 e. The molecular formula is C35H50O5. The number of ketones is 1. The average Bonchev–Trinajstić information content (AvgIpc) is 3.28. The summed E-state index contributed by atoms with van der Waals surface area (Å²) in [5.74, 6) is 2.59. The SMILES string of the molecule is CC(C)CCC[C@@H](C)[C@H]1CC[C@H]2[C@@H]3[C@H]4O[C@H](C)[C@@]5(CC[C@H](OC(=O)c6ccccc6)C[C@]5(O)C4=O)[C@H]3CC[C@]12C. The summed E-state index contributed by atoms with van der Waals surface area (Å²) in [7, 11) is 0. The van der Waals surface area contributed by atoms with Crippen molar-refractivity contribution in [2.75, 3.05) is 0 Å². The van der Waals surface area contributed by atoms with E-state index in [1.807, 2.05) is 18.2 Å². The largest absolute Gasteiger partial charge is 0.459 e. The van der Waals surface area contributed by atoms with Gasteiger partial charge in [0.2, 0.25) is 0 Å². The van der Waals surface area contributed by atoms with Crippen LogP contribution in [0.1, 0.15) is 109 Å². The Morgan fingerprint density at radius 2 is 1.80 bits per heavy atom. The normalized spacial score (nSPS) is 44.6. The number of ether oxygens (including phenoxy) is 2. The number of esters is 1. The van der Waals surface area contributed by atoms with Crippen LogP contribution in [0.5, 0.6) is 0 Å². The zero-order chi connectivity index (χ0) is 28.4. The van der Waals surface area contributed by atoms with Crippen molar-refractivity contribution in [1.82, 2.24) is 0 Å². The Balaban J connectivity index is 1.23. The Labute approximate surface area is 240 Å². The van der Waals surface area contributed by atoms with E-state index in [0.717, 1.165) is 12.3 Å². The van der Waals surface area contributed by atoms with Crippen LogP contribution in [-0.2, 0) is 14.3 Å². The van der Waals surface area contributed by atoms with E-state index in [-0.39, 0.29) is 41.5 Å². The Bertz CT molecular complexity index is 1120. The van der Waals surface area contributed by atoms with Crippen molar-refractivity contribution >= 4 is 11.8 Å². The van der Waals surface area contributed by atoms with Crippen LogP contribution in [0.4, 0.5) is 0 Å². The molecule has 4 aliphatic carbocycles. The molecule has 0 unspecified atom stereocenters. The minimum atomic E-state index is -1.49. The molecule has 2 bridgehead atoms. The van der Waals surface area contributed by atoms with Crippen LogP contribution in [0.15, 0.2) is 30.3 Å². The number of hydrogen-bond acceptors (Lipinski definition) is 5. The van der Waals surface area contributed by atoms with Crippen LogP contribution >= 0.6 is 0 Å². The molecule has 0 amide bonds. The predicted octanol–water partition coefficient (Wildman–Crippen LogP) is 7.00. The van der Waals surface area contributed by atoms with Crippen molar-refractivity contribution in [2.24, 2.45) is 46.3 Å². The number of rotatable bonds is 7. The molecule has 0 radical (unpaired) electrons. The highest BCUT2D eigenvalue weighted by atomic mass is 16.5. The second-order valence-electron chi connectivity index (χ2n) is 14.9. The predicted molar refractivity (Wildman–Crippen MR) is 155 cm³/mol. The molecule has 2 aliphatic heterocycles. The highest BCUT2D eigenvalue weighted by Crippen LogP contribution is 2.72. The third-order valence-corrected chi connectivity index (χ3v) is 12.7. The Morgan fingerprint density at radius 3 is 2.52 bits per heavy atom. The maximum absolute atomic E-state index is 14.2. The van der Waals surface area contributed by atoms with Crippen LogP contribution in [0.3, 0.4) is 0 Å². The number of fused-ring (bicyclic) bond motifs is 2. The summed E-state index contributed by atoms with van der Waals surface area (Å²) in [4.78, 5) is 27.1. The monoisotopic (exact) mass is 550 g/mol. The topological polar surface area (TPSA) is 72.8 Å². The van der Waals surface area contributed by atoms with E-state index in [0.29, 0.717) is 36.2 Å². The molecule has 5 nitrogen and oxygen atoms in total. The van der Waals surface area contributed by atoms with Gasteiger partial charge in [-0.2, -0.15) is 0 Å². The van der Waals surface area contributed by atoms with Gasteiger partial charge < -0.3 is 14.6 Å². The molecular weight excluding hydrogens is 500 g/mol. The first-order valence-electron chi connectivity index (χ1n) is 16.2. The molecule has 11 atom stereocenters. The lowest BCUT2D eigenvalue weighted by Gasteiger charge is -2.70. The zero-order valence-electron chi connectivity index (χ0n) is 25.2. The summed E-state index contributed by atoms with van der Waals surface area (Å²) >= 11 is 0. The third-order valence-electron chi connectivity index (χ3n) is 12.7. The number of carbonyl (C=O) groups excluding carboxylic acids is 2. The van der Waals surface area contributed by atoms with Crippen LogP contribution in [-0.4, -0.2) is 40.8 Å². The van der Waals surface area contributed by atoms with Gasteiger partial charge in [-0.3, -0.25) is 4.79 Å². The van der Waals surface area contributed by atoms with Crippen LogP contribution in [0, 0.1) is 46.3 Å². The summed E-state index contributed by atoms with van der Waals surface area (Å²) in [6, 6.07) is 9.00. The average molecular weight is 551 g/mol. The molecule has 2 heterocycles. The summed E-state index contributed by atoms with van der Waals surface area (Å²) < 4.78 is 12.5. The highest BCUT2D eigenvalue weighted by Gasteiger charge is 2.77. The summed E-state index contributed by atoms with van der Waals surface area (Å²) in [5, 5.41) is 12.4. The van der Waals surface area contributed by atoms with Crippen LogP contribution in [0.2, 0.25) is 0 Å². The fourth-order valence-corrected chi connectivity index (χ4v) is 10.9. The second-order valence-corrected chi connectivity index (χ2v) is 14.9. The van der Waals surface area contributed by atoms with Gasteiger partial charge in [-0.1, -0.05) is 65.2 Å². The first-order chi connectivity index (χ1) is 19.0. The Morgan fingerprint density at radius 1 is 1.05 bits per heavy atom. The van der Waals surface area contributed by atoms with Crippen molar-refractivity contribution in [2.45, 2.75) is 123 Å². The van der Waals surface area contributed by atoms with Crippen LogP contribution in [0.25, 0.3) is 0 Å². The summed E-state index contributed by atoms with van der Waals surface area (Å²) in [6.45, 7) is 11.7. The molecule has 220 valence electrons. The van der Waals surface area contributed by atoms with Gasteiger partial charge in [0.15, 0.2) is 5.78 Å².